The van der Waals surface area contributed by atoms with Crippen molar-refractivity contribution in [1.29, 1.82) is 0 Å². The standard InChI is InChI=1S/2C4H8O2.6C2H4O2/c2*1-3(2)4(5)6;6*1-2(3)4/h2*3H,1-2H3,(H,5,6);6*1H3,(H,3,4). The van der Waals surface area contributed by atoms with Crippen LogP contribution < -0.4 is 0 Å². The monoisotopic (exact) mass is 536 g/mol. The molecule has 0 aliphatic rings. The molecule has 0 aliphatic carbocycles. The lowest BCUT2D eigenvalue weighted by Gasteiger charge is -1.89. The molecule has 0 heterocycles. The fourth-order valence-electron chi connectivity index (χ4n) is 0. The molecular formula is C20H40O16. The molecule has 0 saturated heterocycles. The molecule has 0 fully saturated rings. The summed E-state index contributed by atoms with van der Waals surface area (Å²) >= 11 is 0. The van der Waals surface area contributed by atoms with Gasteiger partial charge in [-0.05, 0) is 0 Å². The Kier molecular flexibility index (Phi) is 60.7. The first-order valence-electron chi connectivity index (χ1n) is 9.31. The van der Waals surface area contributed by atoms with Gasteiger partial charge in [0.05, 0.1) is 11.8 Å². The fraction of sp³-hybridized carbons (Fsp3) is 0.600. The number of carboxylic acids is 8. The van der Waals surface area contributed by atoms with Crippen molar-refractivity contribution in [1.82, 2.24) is 0 Å². The topological polar surface area (TPSA) is 298 Å². The minimum Gasteiger partial charge on any atom is -0.481 e. The molecule has 16 heteroatoms. The summed E-state index contributed by atoms with van der Waals surface area (Å²) in [4.78, 5) is 73.4. The van der Waals surface area contributed by atoms with E-state index in [1.54, 1.807) is 27.7 Å². The van der Waals surface area contributed by atoms with E-state index >= 15 is 0 Å². The highest BCUT2D eigenvalue weighted by molar-refractivity contribution is 5.69. The lowest BCUT2D eigenvalue weighted by Crippen LogP contribution is -2.03. The van der Waals surface area contributed by atoms with E-state index < -0.39 is 47.8 Å². The molecular weight excluding hydrogens is 496 g/mol. The molecule has 16 nitrogen and oxygen atoms in total. The Morgan fingerprint density at radius 3 is 0.361 bits per heavy atom. The molecule has 0 unspecified atom stereocenters. The van der Waals surface area contributed by atoms with Crippen molar-refractivity contribution < 1.29 is 79.2 Å². The van der Waals surface area contributed by atoms with E-state index in [4.69, 9.17) is 69.6 Å². The molecule has 0 atom stereocenters. The van der Waals surface area contributed by atoms with Gasteiger partial charge in [0.15, 0.2) is 0 Å². The summed E-state index contributed by atoms with van der Waals surface area (Å²) in [6, 6.07) is 0. The summed E-state index contributed by atoms with van der Waals surface area (Å²) in [5.41, 5.74) is 0. The number of carbonyl (C=O) groups is 8. The molecule has 0 saturated carbocycles. The maximum atomic E-state index is 9.70. The van der Waals surface area contributed by atoms with Gasteiger partial charge in [-0.2, -0.15) is 0 Å². The molecule has 8 N–H and O–H groups in total. The summed E-state index contributed by atoms with van der Waals surface area (Å²) in [6.45, 7) is 13.1. The van der Waals surface area contributed by atoms with Gasteiger partial charge in [0, 0.05) is 41.5 Å². The van der Waals surface area contributed by atoms with Crippen LogP contribution in [-0.2, 0) is 38.4 Å². The zero-order chi connectivity index (χ0) is 31.8. The lowest BCUT2D eigenvalue weighted by molar-refractivity contribution is -0.141. The van der Waals surface area contributed by atoms with Crippen LogP contribution in [0.2, 0.25) is 0 Å². The Morgan fingerprint density at radius 1 is 0.333 bits per heavy atom. The van der Waals surface area contributed by atoms with Crippen LogP contribution in [0.25, 0.3) is 0 Å². The number of hydrogen-bond donors (Lipinski definition) is 8. The number of hydrogen-bond acceptors (Lipinski definition) is 8. The maximum Gasteiger partial charge on any atom is 0.305 e. The molecule has 0 aromatic carbocycles. The SMILES string of the molecule is CC(=O)O.CC(=O)O.CC(=O)O.CC(=O)O.CC(=O)O.CC(=O)O.CC(C)C(=O)O.CC(C)C(=O)O. The number of rotatable bonds is 2. The normalized spacial score (nSPS) is 7.22. The van der Waals surface area contributed by atoms with E-state index in [-0.39, 0.29) is 11.8 Å². The quantitative estimate of drug-likeness (QED) is 0.250. The smallest absolute Gasteiger partial charge is 0.305 e. The van der Waals surface area contributed by atoms with Gasteiger partial charge >= 0.3 is 11.9 Å². The van der Waals surface area contributed by atoms with E-state index in [0.717, 1.165) is 41.5 Å². The van der Waals surface area contributed by atoms with E-state index in [1.165, 1.54) is 0 Å². The van der Waals surface area contributed by atoms with Crippen LogP contribution in [-0.4, -0.2) is 88.6 Å². The molecule has 0 spiro atoms. The Bertz CT molecular complexity index is 486. The highest BCUT2D eigenvalue weighted by Crippen LogP contribution is 1.87. The van der Waals surface area contributed by atoms with E-state index in [0.29, 0.717) is 0 Å². The van der Waals surface area contributed by atoms with Crippen LogP contribution in [0.15, 0.2) is 0 Å². The van der Waals surface area contributed by atoms with Gasteiger partial charge in [0.2, 0.25) is 0 Å². The second-order valence-corrected chi connectivity index (χ2v) is 6.10. The molecule has 0 aromatic heterocycles. The predicted molar refractivity (Wildman–Crippen MR) is 125 cm³/mol. The summed E-state index contributed by atoms with van der Waals surface area (Å²) in [5.74, 6) is -6.94. The first-order valence-corrected chi connectivity index (χ1v) is 9.31. The van der Waals surface area contributed by atoms with Gasteiger partial charge in [0.25, 0.3) is 35.8 Å². The molecule has 0 aliphatic heterocycles. The summed E-state index contributed by atoms with van der Waals surface area (Å²) in [7, 11) is 0. The summed E-state index contributed by atoms with van der Waals surface area (Å²) in [6.07, 6.45) is 0. The Balaban J connectivity index is -0.0000000418. The first kappa shape index (κ1) is 53.2. The molecule has 0 rings (SSSR count). The van der Waals surface area contributed by atoms with E-state index in [2.05, 4.69) is 0 Å². The average molecular weight is 537 g/mol. The van der Waals surface area contributed by atoms with Crippen LogP contribution in [0.4, 0.5) is 0 Å². The largest absolute Gasteiger partial charge is 0.481 e. The van der Waals surface area contributed by atoms with Crippen molar-refractivity contribution in [3.63, 3.8) is 0 Å². The fourth-order valence-corrected chi connectivity index (χ4v) is 0. The van der Waals surface area contributed by atoms with Gasteiger partial charge in [-0.3, -0.25) is 38.4 Å². The minimum atomic E-state index is -0.833. The Labute approximate surface area is 208 Å². The van der Waals surface area contributed by atoms with Gasteiger partial charge in [0.1, 0.15) is 0 Å². The van der Waals surface area contributed by atoms with Crippen molar-refractivity contribution >= 4 is 47.8 Å². The van der Waals surface area contributed by atoms with Crippen molar-refractivity contribution in [2.24, 2.45) is 11.8 Å². The average Bonchev–Trinajstić information content (AvgIpc) is 2.51. The van der Waals surface area contributed by atoms with Gasteiger partial charge in [-0.15, -0.1) is 0 Å². The van der Waals surface area contributed by atoms with Gasteiger partial charge in [-0.25, -0.2) is 0 Å². The van der Waals surface area contributed by atoms with Crippen LogP contribution in [0.5, 0.6) is 0 Å². The zero-order valence-electron chi connectivity index (χ0n) is 22.0. The Morgan fingerprint density at radius 2 is 0.361 bits per heavy atom. The van der Waals surface area contributed by atoms with Crippen molar-refractivity contribution in [2.45, 2.75) is 69.2 Å². The molecule has 0 amide bonds. The Hall–Kier alpha value is -4.24. The first-order chi connectivity index (χ1) is 15.7. The van der Waals surface area contributed by atoms with Crippen molar-refractivity contribution in [3.05, 3.63) is 0 Å². The van der Waals surface area contributed by atoms with Crippen LogP contribution in [0.3, 0.4) is 0 Å². The highest BCUT2D eigenvalue weighted by atomic mass is 16.4. The van der Waals surface area contributed by atoms with Gasteiger partial charge in [-0.1, -0.05) is 27.7 Å². The number of carboxylic acid groups (broad SMARTS) is 8. The number of aliphatic carboxylic acids is 8. The van der Waals surface area contributed by atoms with Gasteiger partial charge < -0.3 is 40.9 Å². The third-order valence-corrected chi connectivity index (χ3v) is 0.988. The highest BCUT2D eigenvalue weighted by Gasteiger charge is 1.99. The van der Waals surface area contributed by atoms with E-state index in [9.17, 15) is 9.59 Å². The molecule has 36 heavy (non-hydrogen) atoms. The molecule has 0 bridgehead atoms. The second-order valence-electron chi connectivity index (χ2n) is 6.10. The minimum absolute atomic E-state index is 0.231. The lowest BCUT2D eigenvalue weighted by atomic mass is 10.2. The van der Waals surface area contributed by atoms with Crippen LogP contribution in [0.1, 0.15) is 69.2 Å². The molecule has 0 aromatic rings. The van der Waals surface area contributed by atoms with Crippen LogP contribution in [0, 0.1) is 11.8 Å². The van der Waals surface area contributed by atoms with Crippen LogP contribution >= 0.6 is 0 Å². The van der Waals surface area contributed by atoms with E-state index in [1.807, 2.05) is 0 Å². The van der Waals surface area contributed by atoms with Crippen molar-refractivity contribution in [3.8, 4) is 0 Å². The van der Waals surface area contributed by atoms with Crippen molar-refractivity contribution in [2.75, 3.05) is 0 Å². The maximum absolute atomic E-state index is 9.70. The second kappa shape index (κ2) is 41.1. The predicted octanol–water partition coefficient (Wildman–Crippen LogP) is 2.00. The summed E-state index contributed by atoms with van der Waals surface area (Å²) < 4.78 is 0. The molecule has 0 radical (unpaired) electrons. The third kappa shape index (κ3) is 1740. The summed E-state index contributed by atoms with van der Waals surface area (Å²) in [5, 5.41) is 60.5. The molecule has 216 valence electrons. The third-order valence-electron chi connectivity index (χ3n) is 0.988. The zero-order valence-corrected chi connectivity index (χ0v) is 22.0.